The van der Waals surface area contributed by atoms with Gasteiger partial charge in [-0.3, -0.25) is 9.78 Å². The molecule has 1 amide bonds. The smallest absolute Gasteiger partial charge is 0.268 e. The first kappa shape index (κ1) is 8.89. The van der Waals surface area contributed by atoms with E-state index < -0.39 is 0 Å². The topological polar surface area (TPSA) is 68.0 Å². The van der Waals surface area contributed by atoms with Crippen molar-refractivity contribution >= 4 is 23.1 Å². The first-order valence-corrected chi connectivity index (χ1v) is 4.77. The Labute approximate surface area is 83.8 Å². The molecule has 0 fully saturated rings. The van der Waals surface area contributed by atoms with E-state index in [0.717, 1.165) is 0 Å². The molecule has 0 aliphatic rings. The second-order valence-corrected chi connectivity index (χ2v) is 3.53. The van der Waals surface area contributed by atoms with E-state index in [1.165, 1.54) is 17.5 Å². The van der Waals surface area contributed by atoms with Crippen molar-refractivity contribution in [3.05, 3.63) is 28.4 Å². The maximum atomic E-state index is 11.5. The number of carbonyl (C=O) groups is 1. The molecule has 0 aromatic carbocycles. The summed E-state index contributed by atoms with van der Waals surface area (Å²) in [6, 6.07) is 1.65. The van der Waals surface area contributed by atoms with Crippen molar-refractivity contribution in [2.75, 3.05) is 5.32 Å². The van der Waals surface area contributed by atoms with Crippen molar-refractivity contribution in [3.63, 3.8) is 0 Å². The number of rotatable bonds is 2. The minimum absolute atomic E-state index is 0.221. The predicted molar refractivity (Wildman–Crippen MR) is 51.3 cm³/mol. The number of aromatic nitrogens is 2. The van der Waals surface area contributed by atoms with Crippen LogP contribution in [0.25, 0.3) is 0 Å². The highest BCUT2D eigenvalue weighted by Crippen LogP contribution is 2.11. The van der Waals surface area contributed by atoms with Gasteiger partial charge in [-0.1, -0.05) is 5.16 Å². The molecule has 0 aliphatic heterocycles. The lowest BCUT2D eigenvalue weighted by Crippen LogP contribution is -2.10. The van der Waals surface area contributed by atoms with Crippen LogP contribution in [-0.4, -0.2) is 16.0 Å². The zero-order chi connectivity index (χ0) is 9.97. The van der Waals surface area contributed by atoms with Crippen LogP contribution in [-0.2, 0) is 0 Å². The monoisotopic (exact) mass is 209 g/mol. The van der Waals surface area contributed by atoms with Crippen LogP contribution in [0.4, 0.5) is 5.82 Å². The average molecular weight is 209 g/mol. The lowest BCUT2D eigenvalue weighted by molar-refractivity contribution is 0.102. The fourth-order valence-corrected chi connectivity index (χ4v) is 1.45. The highest BCUT2D eigenvalue weighted by Gasteiger charge is 2.09. The Balaban J connectivity index is 2.09. The summed E-state index contributed by atoms with van der Waals surface area (Å²) in [6.07, 6.45) is 1.51. The van der Waals surface area contributed by atoms with E-state index in [-0.39, 0.29) is 5.91 Å². The van der Waals surface area contributed by atoms with Crippen molar-refractivity contribution in [1.29, 1.82) is 0 Å². The first-order chi connectivity index (χ1) is 6.75. The summed E-state index contributed by atoms with van der Waals surface area (Å²) in [4.78, 5) is 15.8. The fourth-order valence-electron chi connectivity index (χ4n) is 0.931. The lowest BCUT2D eigenvalue weighted by Gasteiger charge is -1.95. The zero-order valence-corrected chi connectivity index (χ0v) is 8.17. The van der Waals surface area contributed by atoms with Gasteiger partial charge in [-0.25, -0.2) is 0 Å². The quantitative estimate of drug-likeness (QED) is 0.817. The number of carbonyl (C=O) groups excluding carboxylic acids is 1. The third-order valence-electron chi connectivity index (χ3n) is 1.53. The van der Waals surface area contributed by atoms with Crippen LogP contribution in [0.1, 0.15) is 15.4 Å². The van der Waals surface area contributed by atoms with Crippen molar-refractivity contribution in [1.82, 2.24) is 10.1 Å². The number of aryl methyl sites for hydroxylation is 1. The largest absolute Gasteiger partial charge is 0.360 e. The Morgan fingerprint density at radius 1 is 1.64 bits per heavy atom. The van der Waals surface area contributed by atoms with Gasteiger partial charge in [-0.15, -0.1) is 11.3 Å². The molecule has 2 heterocycles. The van der Waals surface area contributed by atoms with E-state index in [0.29, 0.717) is 16.5 Å². The molecule has 0 saturated heterocycles. The van der Waals surface area contributed by atoms with Gasteiger partial charge in [0.2, 0.25) is 0 Å². The van der Waals surface area contributed by atoms with Crippen LogP contribution >= 0.6 is 11.3 Å². The summed E-state index contributed by atoms with van der Waals surface area (Å²) in [5.74, 6) is 0.853. The van der Waals surface area contributed by atoms with Crippen LogP contribution in [0.15, 0.2) is 22.3 Å². The fraction of sp³-hybridized carbons (Fsp3) is 0.125. The number of anilines is 1. The highest BCUT2D eigenvalue weighted by atomic mass is 32.1. The summed E-state index contributed by atoms with van der Waals surface area (Å²) in [6.45, 7) is 1.76. The predicted octanol–water partition coefficient (Wildman–Crippen LogP) is 1.69. The Morgan fingerprint density at radius 2 is 2.50 bits per heavy atom. The molecule has 0 atom stereocenters. The van der Waals surface area contributed by atoms with Crippen LogP contribution in [0.3, 0.4) is 0 Å². The molecule has 2 aromatic heterocycles. The Bertz CT molecular complexity index is 435. The van der Waals surface area contributed by atoms with E-state index in [9.17, 15) is 4.79 Å². The number of nitrogens with zero attached hydrogens (tertiary/aromatic N) is 2. The molecule has 0 spiro atoms. The van der Waals surface area contributed by atoms with E-state index in [2.05, 4.69) is 15.5 Å². The Kier molecular flexibility index (Phi) is 2.28. The second kappa shape index (κ2) is 3.59. The van der Waals surface area contributed by atoms with E-state index in [1.807, 2.05) is 0 Å². The zero-order valence-electron chi connectivity index (χ0n) is 7.35. The minimum atomic E-state index is -0.221. The first-order valence-electron chi connectivity index (χ1n) is 3.89. The van der Waals surface area contributed by atoms with Gasteiger partial charge < -0.3 is 9.84 Å². The molecule has 14 heavy (non-hydrogen) atoms. The number of nitrogens with one attached hydrogen (secondary N) is 1. The third kappa shape index (κ3) is 1.80. The number of hydrogen-bond acceptors (Lipinski definition) is 5. The molecule has 5 nitrogen and oxygen atoms in total. The summed E-state index contributed by atoms with van der Waals surface area (Å²) in [7, 11) is 0. The molecule has 0 radical (unpaired) electrons. The lowest BCUT2D eigenvalue weighted by atomic mass is 10.4. The van der Waals surface area contributed by atoms with Gasteiger partial charge in [-0.05, 0) is 6.92 Å². The van der Waals surface area contributed by atoms with Gasteiger partial charge in [0, 0.05) is 6.07 Å². The van der Waals surface area contributed by atoms with E-state index >= 15 is 0 Å². The molecule has 0 bridgehead atoms. The molecule has 0 saturated carbocycles. The summed E-state index contributed by atoms with van der Waals surface area (Å²) in [5.41, 5.74) is 1.60. The summed E-state index contributed by atoms with van der Waals surface area (Å²) >= 11 is 1.28. The average Bonchev–Trinajstić information content (AvgIpc) is 2.75. The summed E-state index contributed by atoms with van der Waals surface area (Å²) in [5, 5.41) is 6.23. The van der Waals surface area contributed by atoms with E-state index in [1.54, 1.807) is 18.5 Å². The molecule has 72 valence electrons. The second-order valence-electron chi connectivity index (χ2n) is 2.64. The van der Waals surface area contributed by atoms with Crippen LogP contribution in [0.5, 0.6) is 0 Å². The van der Waals surface area contributed by atoms with Gasteiger partial charge in [0.1, 0.15) is 10.6 Å². The maximum Gasteiger partial charge on any atom is 0.268 e. The van der Waals surface area contributed by atoms with Crippen LogP contribution in [0, 0.1) is 6.92 Å². The van der Waals surface area contributed by atoms with Gasteiger partial charge in [0.05, 0.1) is 11.7 Å². The van der Waals surface area contributed by atoms with Crippen molar-refractivity contribution < 1.29 is 9.32 Å². The molecular formula is C8H7N3O2S. The van der Waals surface area contributed by atoms with Gasteiger partial charge >= 0.3 is 0 Å². The van der Waals surface area contributed by atoms with Crippen LogP contribution < -0.4 is 5.32 Å². The molecule has 2 aromatic rings. The third-order valence-corrected chi connectivity index (χ3v) is 2.30. The summed E-state index contributed by atoms with van der Waals surface area (Å²) < 4.78 is 4.81. The number of hydrogen-bond donors (Lipinski definition) is 1. The molecule has 6 heteroatoms. The van der Waals surface area contributed by atoms with Crippen LogP contribution in [0.2, 0.25) is 0 Å². The molecular weight excluding hydrogens is 202 g/mol. The van der Waals surface area contributed by atoms with Crippen molar-refractivity contribution in [2.24, 2.45) is 0 Å². The maximum absolute atomic E-state index is 11.5. The van der Waals surface area contributed by atoms with Gasteiger partial charge in [0.15, 0.2) is 5.82 Å². The molecule has 1 N–H and O–H groups in total. The Morgan fingerprint density at radius 3 is 3.07 bits per heavy atom. The van der Waals surface area contributed by atoms with Gasteiger partial charge in [-0.2, -0.15) is 0 Å². The number of amides is 1. The highest BCUT2D eigenvalue weighted by molar-refractivity contribution is 7.11. The normalized spacial score (nSPS) is 10.1. The standard InChI is InChI=1S/C8H7N3O2S/c1-5-2-7(11-13-5)10-8(12)6-3-9-4-14-6/h2-4H,1H3,(H,10,11,12). The van der Waals surface area contributed by atoms with Gasteiger partial charge in [0.25, 0.3) is 5.91 Å². The van der Waals surface area contributed by atoms with Crippen molar-refractivity contribution in [2.45, 2.75) is 6.92 Å². The molecule has 2 rings (SSSR count). The minimum Gasteiger partial charge on any atom is -0.360 e. The molecule has 0 unspecified atom stereocenters. The van der Waals surface area contributed by atoms with Crippen molar-refractivity contribution in [3.8, 4) is 0 Å². The number of thiazole rings is 1. The SMILES string of the molecule is Cc1cc(NC(=O)c2cncs2)no1. The van der Waals surface area contributed by atoms with E-state index in [4.69, 9.17) is 4.52 Å². The molecule has 0 aliphatic carbocycles. The Hall–Kier alpha value is -1.69.